The van der Waals surface area contributed by atoms with Crippen LogP contribution in [-0.2, 0) is 10.4 Å². The standard InChI is InChI=1S/C7H5FN2O2S/c8-13(11,12)10-7-3-1-6(5-9)2-4-7/h1-4,10H. The van der Waals surface area contributed by atoms with Crippen LogP contribution in [0.15, 0.2) is 24.3 Å². The van der Waals surface area contributed by atoms with Gasteiger partial charge in [-0.1, -0.05) is 3.89 Å². The molecule has 0 saturated carbocycles. The largest absolute Gasteiger partial charge is 0.396 e. The predicted octanol–water partition coefficient (Wildman–Crippen LogP) is 1.18. The molecule has 0 aliphatic rings. The monoisotopic (exact) mass is 200 g/mol. The van der Waals surface area contributed by atoms with Gasteiger partial charge in [-0.25, -0.2) is 0 Å². The fourth-order valence-corrected chi connectivity index (χ4v) is 1.17. The van der Waals surface area contributed by atoms with Gasteiger partial charge in [0.25, 0.3) is 0 Å². The molecule has 0 aromatic heterocycles. The van der Waals surface area contributed by atoms with Gasteiger partial charge >= 0.3 is 10.4 Å². The Bertz CT molecular complexity index is 433. The van der Waals surface area contributed by atoms with E-state index in [4.69, 9.17) is 5.26 Å². The second-order valence-corrected chi connectivity index (χ2v) is 3.31. The average molecular weight is 200 g/mol. The molecule has 13 heavy (non-hydrogen) atoms. The summed E-state index contributed by atoms with van der Waals surface area (Å²) in [6.45, 7) is 0. The summed E-state index contributed by atoms with van der Waals surface area (Å²) >= 11 is 0. The van der Waals surface area contributed by atoms with Crippen molar-refractivity contribution in [2.45, 2.75) is 0 Å². The first-order valence-corrected chi connectivity index (χ1v) is 4.62. The smallest absolute Gasteiger partial charge is 0.257 e. The van der Waals surface area contributed by atoms with Crippen molar-refractivity contribution >= 4 is 16.1 Å². The van der Waals surface area contributed by atoms with E-state index >= 15 is 0 Å². The maximum Gasteiger partial charge on any atom is 0.396 e. The highest BCUT2D eigenvalue weighted by Crippen LogP contribution is 2.10. The van der Waals surface area contributed by atoms with Crippen molar-refractivity contribution < 1.29 is 12.3 Å². The van der Waals surface area contributed by atoms with Gasteiger partial charge in [-0.3, -0.25) is 4.72 Å². The lowest BCUT2D eigenvalue weighted by atomic mass is 10.2. The van der Waals surface area contributed by atoms with Crippen molar-refractivity contribution in [2.75, 3.05) is 4.72 Å². The van der Waals surface area contributed by atoms with E-state index in [2.05, 4.69) is 0 Å². The molecule has 1 aromatic carbocycles. The number of nitrogens with zero attached hydrogens (tertiary/aromatic N) is 1. The number of benzene rings is 1. The molecule has 0 fully saturated rings. The highest BCUT2D eigenvalue weighted by molar-refractivity contribution is 7.87. The third kappa shape index (κ3) is 3.09. The summed E-state index contributed by atoms with van der Waals surface area (Å²) in [5.41, 5.74) is 0.461. The van der Waals surface area contributed by atoms with Gasteiger partial charge in [0.15, 0.2) is 0 Å². The molecule has 1 rings (SSSR count). The summed E-state index contributed by atoms with van der Waals surface area (Å²) in [6.07, 6.45) is 0. The van der Waals surface area contributed by atoms with E-state index in [1.165, 1.54) is 24.3 Å². The molecule has 0 saturated heterocycles. The fraction of sp³-hybridized carbons (Fsp3) is 0. The quantitative estimate of drug-likeness (QED) is 0.729. The molecule has 1 aromatic rings. The number of halogens is 1. The van der Waals surface area contributed by atoms with Crippen LogP contribution in [0.25, 0.3) is 0 Å². The molecule has 0 aliphatic carbocycles. The lowest BCUT2D eigenvalue weighted by Crippen LogP contribution is -2.04. The van der Waals surface area contributed by atoms with Crippen LogP contribution in [0.5, 0.6) is 0 Å². The lowest BCUT2D eigenvalue weighted by molar-refractivity contribution is 0.558. The zero-order chi connectivity index (χ0) is 9.90. The second-order valence-electron chi connectivity index (χ2n) is 2.23. The van der Waals surface area contributed by atoms with Crippen LogP contribution in [-0.4, -0.2) is 8.42 Å². The van der Waals surface area contributed by atoms with E-state index in [1.54, 1.807) is 4.72 Å². The molecule has 0 heterocycles. The van der Waals surface area contributed by atoms with Gasteiger partial charge in [-0.2, -0.15) is 13.7 Å². The van der Waals surface area contributed by atoms with Crippen molar-refractivity contribution in [2.24, 2.45) is 0 Å². The van der Waals surface area contributed by atoms with Crippen LogP contribution in [0.4, 0.5) is 9.57 Å². The summed E-state index contributed by atoms with van der Waals surface area (Å²) in [4.78, 5) is 0. The van der Waals surface area contributed by atoms with Gasteiger partial charge in [0, 0.05) is 0 Å². The van der Waals surface area contributed by atoms with Crippen LogP contribution in [0.3, 0.4) is 0 Å². The Hall–Kier alpha value is -1.61. The average Bonchev–Trinajstić information content (AvgIpc) is 2.03. The van der Waals surface area contributed by atoms with Crippen LogP contribution in [0, 0.1) is 11.3 Å². The molecule has 0 amide bonds. The molecular formula is C7H5FN2O2S. The second kappa shape index (κ2) is 3.41. The number of nitrogens with one attached hydrogen (secondary N) is 1. The maximum absolute atomic E-state index is 12.1. The maximum atomic E-state index is 12.1. The van der Waals surface area contributed by atoms with E-state index in [1.807, 2.05) is 6.07 Å². The number of hydrogen-bond acceptors (Lipinski definition) is 3. The summed E-state index contributed by atoms with van der Waals surface area (Å²) in [6, 6.07) is 7.21. The SMILES string of the molecule is N#Cc1ccc(NS(=O)(=O)F)cc1. The number of nitriles is 1. The molecule has 0 radical (unpaired) electrons. The zero-order valence-corrected chi connectivity index (χ0v) is 7.18. The molecule has 0 atom stereocenters. The third-order valence-electron chi connectivity index (χ3n) is 1.25. The number of rotatable bonds is 2. The molecule has 1 N–H and O–H groups in total. The van der Waals surface area contributed by atoms with Gasteiger partial charge in [0.05, 0.1) is 17.3 Å². The van der Waals surface area contributed by atoms with Crippen LogP contribution in [0.1, 0.15) is 5.56 Å². The van der Waals surface area contributed by atoms with E-state index in [9.17, 15) is 12.3 Å². The van der Waals surface area contributed by atoms with Gasteiger partial charge in [-0.15, -0.1) is 0 Å². The molecule has 6 heteroatoms. The Balaban J connectivity index is 2.89. The fourth-order valence-electron chi connectivity index (χ4n) is 0.754. The van der Waals surface area contributed by atoms with Crippen molar-refractivity contribution in [1.82, 2.24) is 0 Å². The highest BCUT2D eigenvalue weighted by Gasteiger charge is 2.05. The normalized spacial score (nSPS) is 10.5. The highest BCUT2D eigenvalue weighted by atomic mass is 32.3. The molecule has 0 spiro atoms. The van der Waals surface area contributed by atoms with Crippen LogP contribution >= 0.6 is 0 Å². The van der Waals surface area contributed by atoms with Crippen molar-refractivity contribution in [3.8, 4) is 6.07 Å². The van der Waals surface area contributed by atoms with E-state index in [0.717, 1.165) is 0 Å². The molecule has 4 nitrogen and oxygen atoms in total. The lowest BCUT2D eigenvalue weighted by Gasteiger charge is -1.99. The minimum absolute atomic E-state index is 0.0847. The van der Waals surface area contributed by atoms with E-state index in [-0.39, 0.29) is 5.69 Å². The van der Waals surface area contributed by atoms with Gasteiger partial charge < -0.3 is 0 Å². The Labute approximate surface area is 75.0 Å². The summed E-state index contributed by atoms with van der Waals surface area (Å²) in [5, 5.41) is 8.40. The molecule has 0 unspecified atom stereocenters. The van der Waals surface area contributed by atoms with Crippen LogP contribution in [0.2, 0.25) is 0 Å². The van der Waals surface area contributed by atoms with Crippen molar-refractivity contribution in [3.05, 3.63) is 29.8 Å². The Morgan fingerprint density at radius 1 is 1.31 bits per heavy atom. The van der Waals surface area contributed by atoms with Gasteiger partial charge in [-0.05, 0) is 24.3 Å². The minimum Gasteiger partial charge on any atom is -0.257 e. The summed E-state index contributed by atoms with van der Waals surface area (Å²) < 4.78 is 33.9. The molecular weight excluding hydrogens is 195 g/mol. The van der Waals surface area contributed by atoms with Crippen LogP contribution < -0.4 is 4.72 Å². The number of anilines is 1. The Kier molecular flexibility index (Phi) is 2.49. The summed E-state index contributed by atoms with van der Waals surface area (Å²) in [5.74, 6) is 0. The first kappa shape index (κ1) is 9.48. The first-order chi connectivity index (χ1) is 6.01. The third-order valence-corrected chi connectivity index (χ3v) is 1.73. The van der Waals surface area contributed by atoms with E-state index < -0.39 is 10.4 Å². The molecule has 68 valence electrons. The van der Waals surface area contributed by atoms with Gasteiger partial charge in [0.2, 0.25) is 0 Å². The topological polar surface area (TPSA) is 70.0 Å². The van der Waals surface area contributed by atoms with E-state index in [0.29, 0.717) is 5.56 Å². The van der Waals surface area contributed by atoms with Crippen molar-refractivity contribution in [1.29, 1.82) is 5.26 Å². The number of hydrogen-bond donors (Lipinski definition) is 1. The summed E-state index contributed by atoms with van der Waals surface area (Å²) in [7, 11) is -4.73. The minimum atomic E-state index is -4.73. The van der Waals surface area contributed by atoms with Gasteiger partial charge in [0.1, 0.15) is 0 Å². The predicted molar refractivity (Wildman–Crippen MR) is 44.8 cm³/mol. The Morgan fingerprint density at radius 3 is 2.23 bits per heavy atom. The molecule has 0 bridgehead atoms. The van der Waals surface area contributed by atoms with Crippen molar-refractivity contribution in [3.63, 3.8) is 0 Å². The Morgan fingerprint density at radius 2 is 1.85 bits per heavy atom. The first-order valence-electron chi connectivity index (χ1n) is 3.24. The molecule has 0 aliphatic heterocycles. The zero-order valence-electron chi connectivity index (χ0n) is 6.36.